The fourth-order valence-electron chi connectivity index (χ4n) is 1.30. The number of nitrogens with two attached hydrogens (primary N) is 1. The highest BCUT2D eigenvalue weighted by molar-refractivity contribution is 7.99. The molecule has 88 valence electrons. The summed E-state index contributed by atoms with van der Waals surface area (Å²) in [5.74, 6) is 1.07. The minimum Gasteiger partial charge on any atom is -0.409 e. The van der Waals surface area contributed by atoms with Crippen LogP contribution >= 0.6 is 11.8 Å². The molecule has 1 unspecified atom stereocenters. The molecule has 0 bridgehead atoms. The van der Waals surface area contributed by atoms with Gasteiger partial charge in [-0.15, -0.1) is 0 Å². The molecule has 16 heavy (non-hydrogen) atoms. The molecular formula is C12H18N2OS. The second-order valence-corrected chi connectivity index (χ2v) is 5.10. The van der Waals surface area contributed by atoms with Gasteiger partial charge in [0.2, 0.25) is 0 Å². The Morgan fingerprint density at radius 3 is 2.81 bits per heavy atom. The molecule has 0 amide bonds. The van der Waals surface area contributed by atoms with Crippen LogP contribution in [0.15, 0.2) is 29.4 Å². The third-order valence-corrected chi connectivity index (χ3v) is 3.88. The molecule has 1 aromatic carbocycles. The highest BCUT2D eigenvalue weighted by atomic mass is 32.2. The summed E-state index contributed by atoms with van der Waals surface area (Å²) in [6.45, 7) is 4.38. The van der Waals surface area contributed by atoms with E-state index >= 15 is 0 Å². The molecule has 0 saturated carbocycles. The predicted molar refractivity (Wildman–Crippen MR) is 70.0 cm³/mol. The van der Waals surface area contributed by atoms with Crippen molar-refractivity contribution in [3.8, 4) is 0 Å². The molecule has 3 nitrogen and oxygen atoms in total. The molecule has 0 heterocycles. The topological polar surface area (TPSA) is 58.6 Å². The maximum absolute atomic E-state index is 8.69. The number of oxime groups is 1. The van der Waals surface area contributed by atoms with Gasteiger partial charge in [-0.1, -0.05) is 43.3 Å². The normalized spacial score (nSPS) is 13.8. The van der Waals surface area contributed by atoms with Gasteiger partial charge in [-0.2, -0.15) is 11.8 Å². The van der Waals surface area contributed by atoms with Gasteiger partial charge >= 0.3 is 0 Å². The summed E-state index contributed by atoms with van der Waals surface area (Å²) in [5, 5.41) is 12.4. The van der Waals surface area contributed by atoms with Crippen LogP contribution in [0.1, 0.15) is 31.4 Å². The summed E-state index contributed by atoms with van der Waals surface area (Å²) in [7, 11) is 0. The zero-order valence-corrected chi connectivity index (χ0v) is 10.5. The van der Waals surface area contributed by atoms with E-state index in [1.165, 1.54) is 0 Å². The number of amidine groups is 1. The van der Waals surface area contributed by atoms with Crippen molar-refractivity contribution < 1.29 is 5.21 Å². The van der Waals surface area contributed by atoms with Crippen molar-refractivity contribution in [3.63, 3.8) is 0 Å². The monoisotopic (exact) mass is 238 g/mol. The van der Waals surface area contributed by atoms with E-state index in [-0.39, 0.29) is 5.84 Å². The van der Waals surface area contributed by atoms with Gasteiger partial charge in [-0.05, 0) is 12.0 Å². The van der Waals surface area contributed by atoms with E-state index in [9.17, 15) is 0 Å². The van der Waals surface area contributed by atoms with Gasteiger partial charge in [-0.25, -0.2) is 0 Å². The summed E-state index contributed by atoms with van der Waals surface area (Å²) in [4.78, 5) is 0. The van der Waals surface area contributed by atoms with E-state index in [1.54, 1.807) is 0 Å². The van der Waals surface area contributed by atoms with E-state index < -0.39 is 0 Å². The molecular weight excluding hydrogens is 220 g/mol. The van der Waals surface area contributed by atoms with E-state index in [0.717, 1.165) is 23.3 Å². The molecule has 0 aliphatic heterocycles. The van der Waals surface area contributed by atoms with Crippen molar-refractivity contribution >= 4 is 17.6 Å². The third kappa shape index (κ3) is 3.45. The van der Waals surface area contributed by atoms with Gasteiger partial charge in [0.05, 0.1) is 0 Å². The van der Waals surface area contributed by atoms with Crippen LogP contribution < -0.4 is 5.73 Å². The van der Waals surface area contributed by atoms with Crippen LogP contribution in [0.2, 0.25) is 0 Å². The maximum Gasteiger partial charge on any atom is 0.170 e. The Labute approximate surface area is 101 Å². The number of nitrogens with zero attached hydrogens (tertiary/aromatic N) is 1. The average molecular weight is 238 g/mol. The molecule has 0 aliphatic carbocycles. The van der Waals surface area contributed by atoms with Gasteiger partial charge < -0.3 is 10.9 Å². The third-order valence-electron chi connectivity index (χ3n) is 2.50. The highest BCUT2D eigenvalue weighted by Gasteiger charge is 2.07. The summed E-state index contributed by atoms with van der Waals surface area (Å²) in [6, 6.07) is 7.76. The summed E-state index contributed by atoms with van der Waals surface area (Å²) >= 11 is 1.88. The van der Waals surface area contributed by atoms with Crippen LogP contribution in [0.5, 0.6) is 0 Å². The predicted octanol–water partition coefficient (Wildman–Crippen LogP) is 2.81. The quantitative estimate of drug-likeness (QED) is 0.359. The summed E-state index contributed by atoms with van der Waals surface area (Å²) in [5.41, 5.74) is 7.56. The number of thioether (sulfide) groups is 1. The number of rotatable bonds is 5. The van der Waals surface area contributed by atoms with Gasteiger partial charge in [-0.3, -0.25) is 0 Å². The summed E-state index contributed by atoms with van der Waals surface area (Å²) in [6.07, 6.45) is 1.15. The van der Waals surface area contributed by atoms with Crippen molar-refractivity contribution in [2.24, 2.45) is 10.9 Å². The molecule has 0 radical (unpaired) electrons. The highest BCUT2D eigenvalue weighted by Crippen LogP contribution is 2.21. The molecule has 0 spiro atoms. The lowest BCUT2D eigenvalue weighted by Gasteiger charge is -2.11. The van der Waals surface area contributed by atoms with E-state index in [2.05, 4.69) is 19.0 Å². The average Bonchev–Trinajstić information content (AvgIpc) is 2.35. The Balaban J connectivity index is 2.79. The van der Waals surface area contributed by atoms with Gasteiger partial charge in [0.15, 0.2) is 5.84 Å². The SMILES string of the molecule is CCC(C)SCc1ccccc1/C(N)=N/O. The fourth-order valence-corrected chi connectivity index (χ4v) is 2.25. The Morgan fingerprint density at radius 2 is 2.19 bits per heavy atom. The van der Waals surface area contributed by atoms with Crippen molar-refractivity contribution in [1.82, 2.24) is 0 Å². The van der Waals surface area contributed by atoms with Crippen molar-refractivity contribution in [2.75, 3.05) is 0 Å². The first-order valence-electron chi connectivity index (χ1n) is 5.36. The Bertz CT molecular complexity index is 366. The first-order chi connectivity index (χ1) is 7.69. The molecule has 0 aliphatic rings. The van der Waals surface area contributed by atoms with Crippen LogP contribution in [-0.4, -0.2) is 16.3 Å². The first kappa shape index (κ1) is 12.9. The Hall–Kier alpha value is -1.16. The number of benzene rings is 1. The van der Waals surface area contributed by atoms with E-state index in [1.807, 2.05) is 36.0 Å². The molecule has 1 atom stereocenters. The zero-order chi connectivity index (χ0) is 12.0. The van der Waals surface area contributed by atoms with Crippen LogP contribution in [0.3, 0.4) is 0 Å². The Morgan fingerprint density at radius 1 is 1.50 bits per heavy atom. The lowest BCUT2D eigenvalue weighted by molar-refractivity contribution is 0.318. The zero-order valence-electron chi connectivity index (χ0n) is 9.68. The number of hydrogen-bond acceptors (Lipinski definition) is 3. The van der Waals surface area contributed by atoms with E-state index in [0.29, 0.717) is 5.25 Å². The molecule has 1 rings (SSSR count). The Kier molecular flexibility index (Phi) is 5.19. The molecule has 0 saturated heterocycles. The minimum absolute atomic E-state index is 0.181. The number of hydrogen-bond donors (Lipinski definition) is 2. The van der Waals surface area contributed by atoms with Crippen molar-refractivity contribution in [2.45, 2.75) is 31.3 Å². The van der Waals surface area contributed by atoms with Gasteiger partial charge in [0, 0.05) is 16.6 Å². The molecule has 1 aromatic rings. The fraction of sp³-hybridized carbons (Fsp3) is 0.417. The summed E-state index contributed by atoms with van der Waals surface area (Å²) < 4.78 is 0. The van der Waals surface area contributed by atoms with Gasteiger partial charge in [0.25, 0.3) is 0 Å². The van der Waals surface area contributed by atoms with Crippen LogP contribution in [0, 0.1) is 0 Å². The molecule has 0 fully saturated rings. The lowest BCUT2D eigenvalue weighted by Crippen LogP contribution is -2.15. The van der Waals surface area contributed by atoms with Crippen molar-refractivity contribution in [1.29, 1.82) is 0 Å². The van der Waals surface area contributed by atoms with Crippen LogP contribution in [0.25, 0.3) is 0 Å². The molecule has 3 N–H and O–H groups in total. The first-order valence-corrected chi connectivity index (χ1v) is 6.41. The van der Waals surface area contributed by atoms with Crippen LogP contribution in [-0.2, 0) is 5.75 Å². The molecule has 4 heteroatoms. The second kappa shape index (κ2) is 6.43. The lowest BCUT2D eigenvalue weighted by atomic mass is 10.1. The van der Waals surface area contributed by atoms with E-state index in [4.69, 9.17) is 10.9 Å². The second-order valence-electron chi connectivity index (χ2n) is 3.67. The van der Waals surface area contributed by atoms with Gasteiger partial charge in [0.1, 0.15) is 0 Å². The smallest absolute Gasteiger partial charge is 0.170 e. The van der Waals surface area contributed by atoms with Crippen LogP contribution in [0.4, 0.5) is 0 Å². The van der Waals surface area contributed by atoms with Crippen molar-refractivity contribution in [3.05, 3.63) is 35.4 Å². The minimum atomic E-state index is 0.181. The largest absolute Gasteiger partial charge is 0.409 e. The molecule has 0 aromatic heterocycles. The maximum atomic E-state index is 8.69. The standard InChI is InChI=1S/C12H18N2OS/c1-3-9(2)16-8-10-6-4-5-7-11(10)12(13)14-15/h4-7,9,15H,3,8H2,1-2H3,(H2,13,14).